The van der Waals surface area contributed by atoms with E-state index in [0.29, 0.717) is 30.0 Å². The van der Waals surface area contributed by atoms with E-state index in [1.807, 2.05) is 56.3 Å². The number of esters is 1. The molecule has 0 atom stereocenters. The summed E-state index contributed by atoms with van der Waals surface area (Å²) in [5.41, 5.74) is 5.18. The molecule has 0 amide bonds. The van der Waals surface area contributed by atoms with Crippen molar-refractivity contribution in [3.05, 3.63) is 78.0 Å². The Kier molecular flexibility index (Phi) is 6.35. The Labute approximate surface area is 222 Å². The molecule has 2 saturated carbocycles. The fraction of sp³-hybridized carbons (Fsp3) is 0.323. The maximum atomic E-state index is 12.4. The molecule has 0 saturated heterocycles. The lowest BCUT2D eigenvalue weighted by molar-refractivity contribution is -0.146. The first kappa shape index (κ1) is 24.2. The molecule has 4 aromatic rings. The molecule has 0 bridgehead atoms. The number of hydrogen-bond donors (Lipinski definition) is 1. The molecule has 0 radical (unpaired) electrons. The molecule has 7 nitrogen and oxygen atoms in total. The van der Waals surface area contributed by atoms with Crippen LogP contribution in [0.15, 0.2) is 71.3 Å². The molecular weight excluding hydrogens is 478 g/mol. The third-order valence-electron chi connectivity index (χ3n) is 7.34. The molecular formula is C31H31N3O4. The van der Waals surface area contributed by atoms with Gasteiger partial charge in [-0.3, -0.25) is 4.79 Å². The van der Waals surface area contributed by atoms with Crippen molar-refractivity contribution in [1.29, 1.82) is 0 Å². The molecule has 2 aromatic heterocycles. The number of nitrogens with one attached hydrogen (secondary N) is 1. The lowest BCUT2D eigenvalue weighted by Crippen LogP contribution is -2.23. The third kappa shape index (κ3) is 4.88. The van der Waals surface area contributed by atoms with Gasteiger partial charge in [0.25, 0.3) is 0 Å². The number of aryl methyl sites for hydroxylation is 1. The monoisotopic (exact) mass is 509 g/mol. The fourth-order valence-electron chi connectivity index (χ4n) is 4.70. The van der Waals surface area contributed by atoms with Crippen molar-refractivity contribution in [1.82, 2.24) is 10.1 Å². The minimum absolute atomic E-state index is 0.114. The number of carbonyl (C=O) groups is 1. The average Bonchev–Trinajstić information content (AvgIpc) is 3.88. The lowest BCUT2D eigenvalue weighted by atomic mass is 9.93. The maximum absolute atomic E-state index is 12.4. The van der Waals surface area contributed by atoms with Crippen molar-refractivity contribution in [2.75, 3.05) is 18.5 Å². The Hall–Kier alpha value is -4.13. The van der Waals surface area contributed by atoms with Gasteiger partial charge in [-0.05, 0) is 68.2 Å². The van der Waals surface area contributed by atoms with Gasteiger partial charge in [-0.15, -0.1) is 0 Å². The van der Waals surface area contributed by atoms with E-state index >= 15 is 0 Å². The average molecular weight is 510 g/mol. The summed E-state index contributed by atoms with van der Waals surface area (Å²) < 4.78 is 16.8. The van der Waals surface area contributed by atoms with Crippen LogP contribution in [-0.4, -0.2) is 29.3 Å². The Balaban J connectivity index is 1.18. The van der Waals surface area contributed by atoms with Crippen LogP contribution in [0.1, 0.15) is 43.9 Å². The summed E-state index contributed by atoms with van der Waals surface area (Å²) in [6, 6.07) is 22.1. The van der Waals surface area contributed by atoms with Crippen molar-refractivity contribution in [3.8, 4) is 28.3 Å². The normalized spacial score (nSPS) is 15.6. The zero-order valence-electron chi connectivity index (χ0n) is 21.7. The summed E-state index contributed by atoms with van der Waals surface area (Å²) in [4.78, 5) is 17.0. The van der Waals surface area contributed by atoms with Crippen molar-refractivity contribution in [2.24, 2.45) is 5.92 Å². The van der Waals surface area contributed by atoms with Gasteiger partial charge in [0.05, 0.1) is 18.6 Å². The second-order valence-electron chi connectivity index (χ2n) is 10.2. The zero-order chi connectivity index (χ0) is 26.1. The van der Waals surface area contributed by atoms with Crippen molar-refractivity contribution in [3.63, 3.8) is 0 Å². The first-order valence-corrected chi connectivity index (χ1v) is 13.3. The van der Waals surface area contributed by atoms with Crippen molar-refractivity contribution in [2.45, 2.75) is 44.9 Å². The molecule has 2 aromatic carbocycles. The molecule has 0 unspecified atom stereocenters. The molecule has 2 aliphatic rings. The van der Waals surface area contributed by atoms with Crippen LogP contribution >= 0.6 is 0 Å². The van der Waals surface area contributed by atoms with Gasteiger partial charge in [-0.25, -0.2) is 0 Å². The van der Waals surface area contributed by atoms with Gasteiger partial charge in [0.2, 0.25) is 5.88 Å². The minimum atomic E-state index is -0.455. The number of benzene rings is 2. The van der Waals surface area contributed by atoms with Gasteiger partial charge in [0.15, 0.2) is 5.76 Å². The van der Waals surface area contributed by atoms with Crippen LogP contribution < -0.4 is 10.1 Å². The van der Waals surface area contributed by atoms with Crippen LogP contribution in [0, 0.1) is 12.8 Å². The Bertz CT molecular complexity index is 1430. The Morgan fingerprint density at radius 2 is 1.68 bits per heavy atom. The molecule has 1 N–H and O–H groups in total. The predicted molar refractivity (Wildman–Crippen MR) is 145 cm³/mol. The molecule has 194 valence electrons. The van der Waals surface area contributed by atoms with Crippen LogP contribution in [0.2, 0.25) is 0 Å². The summed E-state index contributed by atoms with van der Waals surface area (Å²) in [6.45, 7) is 4.88. The van der Waals surface area contributed by atoms with Crippen LogP contribution in [0.4, 0.5) is 11.5 Å². The highest BCUT2D eigenvalue weighted by atomic mass is 16.5. The van der Waals surface area contributed by atoms with Gasteiger partial charge < -0.3 is 19.3 Å². The van der Waals surface area contributed by atoms with E-state index in [4.69, 9.17) is 14.0 Å². The Morgan fingerprint density at radius 1 is 1.00 bits per heavy atom. The number of aromatic nitrogens is 2. The van der Waals surface area contributed by atoms with E-state index in [2.05, 4.69) is 39.7 Å². The quantitative estimate of drug-likeness (QED) is 0.234. The molecule has 6 rings (SSSR count). The minimum Gasteiger partial charge on any atom is -0.477 e. The number of rotatable bonds is 10. The lowest BCUT2D eigenvalue weighted by Gasteiger charge is -2.14. The summed E-state index contributed by atoms with van der Waals surface area (Å²) >= 11 is 0. The molecule has 2 heterocycles. The highest BCUT2D eigenvalue weighted by molar-refractivity contribution is 5.87. The fourth-order valence-corrected chi connectivity index (χ4v) is 4.70. The van der Waals surface area contributed by atoms with Gasteiger partial charge in [0, 0.05) is 11.6 Å². The molecule has 2 fully saturated rings. The first-order chi connectivity index (χ1) is 18.6. The van der Waals surface area contributed by atoms with Crippen molar-refractivity contribution >= 4 is 17.5 Å². The Morgan fingerprint density at radius 3 is 2.34 bits per heavy atom. The van der Waals surface area contributed by atoms with Crippen LogP contribution in [0.5, 0.6) is 5.88 Å². The number of pyridine rings is 1. The summed E-state index contributed by atoms with van der Waals surface area (Å²) in [7, 11) is 0. The van der Waals surface area contributed by atoms with Crippen LogP contribution in [0.25, 0.3) is 22.5 Å². The maximum Gasteiger partial charge on any atom is 0.316 e. The van der Waals surface area contributed by atoms with E-state index in [-0.39, 0.29) is 5.97 Å². The highest BCUT2D eigenvalue weighted by Crippen LogP contribution is 2.49. The van der Waals surface area contributed by atoms with E-state index < -0.39 is 5.41 Å². The van der Waals surface area contributed by atoms with Gasteiger partial charge >= 0.3 is 5.97 Å². The zero-order valence-corrected chi connectivity index (χ0v) is 21.7. The molecule has 38 heavy (non-hydrogen) atoms. The van der Waals surface area contributed by atoms with Gasteiger partial charge in [-0.1, -0.05) is 59.8 Å². The van der Waals surface area contributed by atoms with Crippen LogP contribution in [-0.2, 0) is 14.9 Å². The first-order valence-electron chi connectivity index (χ1n) is 13.3. The number of nitrogens with zero attached hydrogens (tertiary/aromatic N) is 2. The molecule has 7 heteroatoms. The third-order valence-corrected chi connectivity index (χ3v) is 7.34. The smallest absolute Gasteiger partial charge is 0.316 e. The van der Waals surface area contributed by atoms with Crippen molar-refractivity contribution < 1.29 is 18.8 Å². The number of ether oxygens (including phenoxy) is 2. The van der Waals surface area contributed by atoms with E-state index in [1.165, 1.54) is 12.8 Å². The number of carbonyl (C=O) groups excluding carboxylic acids is 1. The summed E-state index contributed by atoms with van der Waals surface area (Å²) in [6.07, 6.45) is 4.17. The second kappa shape index (κ2) is 9.97. The standard InChI is InChI=1S/C31H31N3O4/c1-3-36-30(35)31(17-18-31)25-15-13-23(14-16-25)22-9-11-24(12-10-22)29-28(20(2)34-38-29)33-26-5-4-6-27(32-26)37-19-21-7-8-21/h4-6,9-16,21H,3,7-8,17-19H2,1-2H3,(H,32,33). The predicted octanol–water partition coefficient (Wildman–Crippen LogP) is 6.84. The summed E-state index contributed by atoms with van der Waals surface area (Å²) in [5, 5.41) is 7.56. The number of anilines is 2. The highest BCUT2D eigenvalue weighted by Gasteiger charge is 2.52. The largest absolute Gasteiger partial charge is 0.477 e. The van der Waals surface area contributed by atoms with Crippen LogP contribution in [0.3, 0.4) is 0 Å². The van der Waals surface area contributed by atoms with E-state index in [0.717, 1.165) is 53.1 Å². The second-order valence-corrected chi connectivity index (χ2v) is 10.2. The SMILES string of the molecule is CCOC(=O)C1(c2ccc(-c3ccc(-c4onc(C)c4Nc4cccc(OCC5CC5)n4)cc3)cc2)CC1. The van der Waals surface area contributed by atoms with Gasteiger partial charge in [0.1, 0.15) is 17.2 Å². The topological polar surface area (TPSA) is 86.5 Å². The summed E-state index contributed by atoms with van der Waals surface area (Å²) in [5.74, 6) is 2.50. The van der Waals surface area contributed by atoms with E-state index in [9.17, 15) is 4.79 Å². The molecule has 0 spiro atoms. The molecule has 2 aliphatic carbocycles. The molecule has 0 aliphatic heterocycles. The van der Waals surface area contributed by atoms with E-state index in [1.54, 1.807) is 0 Å². The number of hydrogen-bond acceptors (Lipinski definition) is 7. The van der Waals surface area contributed by atoms with Gasteiger partial charge in [-0.2, -0.15) is 4.98 Å².